The van der Waals surface area contributed by atoms with Gasteiger partial charge in [-0.3, -0.25) is 4.79 Å². The molecule has 180 valence electrons. The molecule has 1 fully saturated rings. The maximum Gasteiger partial charge on any atom is 0.295 e. The molecule has 0 atom stereocenters. The van der Waals surface area contributed by atoms with Crippen LogP contribution in [0.1, 0.15) is 18.4 Å². The van der Waals surface area contributed by atoms with Crippen LogP contribution in [0.25, 0.3) is 39.1 Å². The molecule has 1 aliphatic heterocycles. The topological polar surface area (TPSA) is 57.1 Å². The lowest BCUT2D eigenvalue weighted by molar-refractivity contribution is -0.888. The number of nitrogens with one attached hydrogen (secondary N) is 1. The number of likely N-dealkylation sites (tertiary alicyclic amines) is 1. The van der Waals surface area contributed by atoms with E-state index in [0.717, 1.165) is 40.1 Å². The van der Waals surface area contributed by atoms with Gasteiger partial charge in [0.05, 0.1) is 42.9 Å². The average molecular weight is 477 g/mol. The van der Waals surface area contributed by atoms with Crippen molar-refractivity contribution in [3.8, 4) is 28.2 Å². The van der Waals surface area contributed by atoms with Gasteiger partial charge in [0.1, 0.15) is 5.69 Å². The molecule has 2 aromatic heterocycles. The van der Waals surface area contributed by atoms with E-state index in [2.05, 4.69) is 55.5 Å². The molecule has 0 amide bonds. The Balaban J connectivity index is 1.63. The van der Waals surface area contributed by atoms with E-state index in [1.165, 1.54) is 31.5 Å². The normalized spacial score (nSPS) is 14.0. The summed E-state index contributed by atoms with van der Waals surface area (Å²) < 4.78 is 3.54. The Labute approximate surface area is 210 Å². The van der Waals surface area contributed by atoms with Crippen molar-refractivity contribution in [2.24, 2.45) is 0 Å². The number of quaternary nitrogens is 1. The molecule has 0 spiro atoms. The van der Waals surface area contributed by atoms with Crippen molar-refractivity contribution in [3.63, 3.8) is 0 Å². The van der Waals surface area contributed by atoms with Crippen molar-refractivity contribution in [2.45, 2.75) is 26.3 Å². The predicted octanol–water partition coefficient (Wildman–Crippen LogP) is 3.90. The second kappa shape index (κ2) is 9.55. The molecule has 1 saturated heterocycles. The molecule has 5 aromatic rings. The van der Waals surface area contributed by atoms with Crippen molar-refractivity contribution in [2.75, 3.05) is 19.6 Å². The zero-order chi connectivity index (χ0) is 24.5. The van der Waals surface area contributed by atoms with E-state index in [9.17, 15) is 4.79 Å². The Morgan fingerprint density at radius 1 is 0.806 bits per heavy atom. The van der Waals surface area contributed by atoms with Crippen LogP contribution in [-0.2, 0) is 6.54 Å². The lowest BCUT2D eigenvalue weighted by Gasteiger charge is -2.14. The molecule has 0 unspecified atom stereocenters. The van der Waals surface area contributed by atoms with Crippen LogP contribution in [0, 0.1) is 6.92 Å². The Hall–Kier alpha value is -4.03. The van der Waals surface area contributed by atoms with Crippen molar-refractivity contribution in [1.29, 1.82) is 0 Å². The zero-order valence-electron chi connectivity index (χ0n) is 20.5. The number of aromatic nitrogens is 4. The third kappa shape index (κ3) is 4.14. The molecule has 6 rings (SSSR count). The first-order chi connectivity index (χ1) is 17.7. The monoisotopic (exact) mass is 476 g/mol. The van der Waals surface area contributed by atoms with E-state index in [1.807, 2.05) is 41.1 Å². The SMILES string of the molecule is Cc1ccc(-n2nc3c(=O)n(CC[NH+]4CCCC4)nc(-c4ccccc4)c3c2-c2ccccc2)cc1. The molecule has 3 heterocycles. The van der Waals surface area contributed by atoms with Crippen LogP contribution in [0.2, 0.25) is 0 Å². The standard InChI is InChI=1S/C30H29N5O/c1-22-14-16-25(17-15-22)35-29(24-12-6-3-7-13-24)26-27(23-10-4-2-5-11-23)31-34(30(36)28(26)32-35)21-20-33-18-8-9-19-33/h2-7,10-17H,8-9,18-21H2,1H3/p+1. The third-order valence-electron chi connectivity index (χ3n) is 7.14. The predicted molar refractivity (Wildman–Crippen MR) is 144 cm³/mol. The first-order valence-electron chi connectivity index (χ1n) is 12.7. The van der Waals surface area contributed by atoms with Crippen molar-refractivity contribution in [3.05, 3.63) is 101 Å². The molecule has 0 radical (unpaired) electrons. The molecular formula is C30H30N5O+. The smallest absolute Gasteiger partial charge is 0.295 e. The van der Waals surface area contributed by atoms with Crippen LogP contribution in [0.3, 0.4) is 0 Å². The van der Waals surface area contributed by atoms with Gasteiger partial charge in [-0.25, -0.2) is 9.36 Å². The lowest BCUT2D eigenvalue weighted by Crippen LogP contribution is -3.10. The maximum absolute atomic E-state index is 13.8. The quantitative estimate of drug-likeness (QED) is 0.404. The summed E-state index contributed by atoms with van der Waals surface area (Å²) in [6.45, 7) is 5.89. The van der Waals surface area contributed by atoms with Crippen LogP contribution >= 0.6 is 0 Å². The highest BCUT2D eigenvalue weighted by molar-refractivity contribution is 6.02. The Kier molecular flexibility index (Phi) is 5.95. The van der Waals surface area contributed by atoms with E-state index < -0.39 is 0 Å². The Morgan fingerprint density at radius 3 is 2.11 bits per heavy atom. The summed E-state index contributed by atoms with van der Waals surface area (Å²) in [6, 6.07) is 28.6. The van der Waals surface area contributed by atoms with Gasteiger partial charge in [0.25, 0.3) is 5.56 Å². The van der Waals surface area contributed by atoms with E-state index in [1.54, 1.807) is 9.58 Å². The summed E-state index contributed by atoms with van der Waals surface area (Å²) in [4.78, 5) is 15.4. The van der Waals surface area contributed by atoms with E-state index in [-0.39, 0.29) is 5.56 Å². The summed E-state index contributed by atoms with van der Waals surface area (Å²) in [5.74, 6) is 0. The highest BCUT2D eigenvalue weighted by Crippen LogP contribution is 2.35. The average Bonchev–Trinajstić information content (AvgIpc) is 3.59. The maximum atomic E-state index is 13.8. The largest absolute Gasteiger partial charge is 0.333 e. The minimum atomic E-state index is -0.133. The lowest BCUT2D eigenvalue weighted by atomic mass is 10.0. The van der Waals surface area contributed by atoms with Crippen LogP contribution < -0.4 is 10.5 Å². The zero-order valence-corrected chi connectivity index (χ0v) is 20.5. The van der Waals surface area contributed by atoms with Gasteiger partial charge in [-0.2, -0.15) is 10.2 Å². The summed E-state index contributed by atoms with van der Waals surface area (Å²) in [5.41, 5.74) is 6.07. The summed E-state index contributed by atoms with van der Waals surface area (Å²) in [6.07, 6.45) is 2.51. The van der Waals surface area contributed by atoms with Gasteiger partial charge in [0.2, 0.25) is 0 Å². The van der Waals surface area contributed by atoms with E-state index in [0.29, 0.717) is 12.1 Å². The van der Waals surface area contributed by atoms with Crippen molar-refractivity contribution < 1.29 is 4.90 Å². The number of hydrogen-bond donors (Lipinski definition) is 1. The first kappa shape index (κ1) is 22.4. The number of benzene rings is 3. The molecule has 0 bridgehead atoms. The second-order valence-corrected chi connectivity index (χ2v) is 9.64. The molecule has 6 heteroatoms. The number of hydrogen-bond acceptors (Lipinski definition) is 3. The van der Waals surface area contributed by atoms with Gasteiger partial charge in [-0.1, -0.05) is 78.4 Å². The number of fused-ring (bicyclic) bond motifs is 1. The molecule has 3 aromatic carbocycles. The fourth-order valence-corrected chi connectivity index (χ4v) is 5.20. The van der Waals surface area contributed by atoms with Gasteiger partial charge in [-0.05, 0) is 19.1 Å². The molecule has 0 saturated carbocycles. The summed E-state index contributed by atoms with van der Waals surface area (Å²) >= 11 is 0. The van der Waals surface area contributed by atoms with Crippen LogP contribution in [0.4, 0.5) is 0 Å². The third-order valence-corrected chi connectivity index (χ3v) is 7.14. The minimum Gasteiger partial charge on any atom is -0.333 e. The van der Waals surface area contributed by atoms with E-state index in [4.69, 9.17) is 10.2 Å². The highest BCUT2D eigenvalue weighted by Gasteiger charge is 2.24. The van der Waals surface area contributed by atoms with Gasteiger partial charge >= 0.3 is 0 Å². The Morgan fingerprint density at radius 2 is 1.44 bits per heavy atom. The number of aryl methyl sites for hydroxylation is 1. The molecule has 1 aliphatic rings. The van der Waals surface area contributed by atoms with Crippen molar-refractivity contribution in [1.82, 2.24) is 19.6 Å². The van der Waals surface area contributed by atoms with Crippen molar-refractivity contribution >= 4 is 10.9 Å². The molecule has 36 heavy (non-hydrogen) atoms. The van der Waals surface area contributed by atoms with Gasteiger partial charge in [0, 0.05) is 24.0 Å². The molecule has 6 nitrogen and oxygen atoms in total. The summed E-state index contributed by atoms with van der Waals surface area (Å²) in [5, 5.41) is 10.7. The summed E-state index contributed by atoms with van der Waals surface area (Å²) in [7, 11) is 0. The molecular weight excluding hydrogens is 446 g/mol. The first-order valence-corrected chi connectivity index (χ1v) is 12.7. The fourth-order valence-electron chi connectivity index (χ4n) is 5.20. The number of rotatable bonds is 6. The molecule has 0 aliphatic carbocycles. The van der Waals surface area contributed by atoms with E-state index >= 15 is 0 Å². The highest BCUT2D eigenvalue weighted by atomic mass is 16.1. The minimum absolute atomic E-state index is 0.133. The Bertz CT molecular complexity index is 1550. The van der Waals surface area contributed by atoms with Crippen LogP contribution in [0.5, 0.6) is 0 Å². The van der Waals surface area contributed by atoms with Gasteiger partial charge in [0.15, 0.2) is 5.52 Å². The number of nitrogens with zero attached hydrogens (tertiary/aromatic N) is 4. The van der Waals surface area contributed by atoms with Gasteiger partial charge in [-0.15, -0.1) is 0 Å². The van der Waals surface area contributed by atoms with Crippen LogP contribution in [-0.4, -0.2) is 39.2 Å². The van der Waals surface area contributed by atoms with Gasteiger partial charge < -0.3 is 4.90 Å². The fraction of sp³-hybridized carbons (Fsp3) is 0.233. The second-order valence-electron chi connectivity index (χ2n) is 9.64. The van der Waals surface area contributed by atoms with Crippen LogP contribution in [0.15, 0.2) is 89.7 Å². The molecule has 1 N–H and O–H groups in total.